The van der Waals surface area contributed by atoms with Gasteiger partial charge in [-0.25, -0.2) is 4.39 Å². The third-order valence-corrected chi connectivity index (χ3v) is 3.19. The molecule has 2 rings (SSSR count). The summed E-state index contributed by atoms with van der Waals surface area (Å²) in [6.07, 6.45) is 0. The Morgan fingerprint density at radius 3 is 2.50 bits per heavy atom. The number of hydrogen-bond acceptors (Lipinski definition) is 3. The zero-order valence-electron chi connectivity index (χ0n) is 10.2. The van der Waals surface area contributed by atoms with Crippen LogP contribution in [0.3, 0.4) is 0 Å². The molecule has 0 saturated heterocycles. The predicted molar refractivity (Wildman–Crippen MR) is 75.0 cm³/mol. The molecule has 2 aromatic rings. The van der Waals surface area contributed by atoms with Crippen LogP contribution in [-0.2, 0) is 6.54 Å². The Kier molecular flexibility index (Phi) is 4.24. The molecule has 0 atom stereocenters. The zero-order valence-corrected chi connectivity index (χ0v) is 11.8. The smallest absolute Gasteiger partial charge is 0.259 e. The van der Waals surface area contributed by atoms with Gasteiger partial charge in [0.1, 0.15) is 22.9 Å². The third kappa shape index (κ3) is 3.08. The monoisotopic (exact) mass is 339 g/mol. The van der Waals surface area contributed by atoms with Gasteiger partial charge in [-0.15, -0.1) is 0 Å². The molecule has 3 N–H and O–H groups in total. The predicted octanol–water partition coefficient (Wildman–Crippen LogP) is 2.93. The molecular formula is C14H11BrFNO3. The summed E-state index contributed by atoms with van der Waals surface area (Å²) < 4.78 is 14.2. The van der Waals surface area contributed by atoms with Gasteiger partial charge in [0, 0.05) is 16.6 Å². The van der Waals surface area contributed by atoms with E-state index in [9.17, 15) is 19.4 Å². The molecule has 20 heavy (non-hydrogen) atoms. The van der Waals surface area contributed by atoms with Crippen molar-refractivity contribution in [3.05, 3.63) is 57.8 Å². The minimum absolute atomic E-state index is 0.0577. The van der Waals surface area contributed by atoms with Crippen LogP contribution in [0.5, 0.6) is 11.5 Å². The molecule has 0 aromatic heterocycles. The first-order chi connectivity index (χ1) is 9.49. The van der Waals surface area contributed by atoms with Crippen molar-refractivity contribution in [1.29, 1.82) is 0 Å². The Labute approximate surface area is 123 Å². The van der Waals surface area contributed by atoms with E-state index in [0.29, 0.717) is 10.0 Å². The lowest BCUT2D eigenvalue weighted by Crippen LogP contribution is -2.23. The lowest BCUT2D eigenvalue weighted by molar-refractivity contribution is 0.0945. The van der Waals surface area contributed by atoms with Crippen LogP contribution in [0.4, 0.5) is 4.39 Å². The number of phenolic OH excluding ortho intramolecular Hbond substituents is 2. The van der Waals surface area contributed by atoms with Crippen LogP contribution in [0.1, 0.15) is 15.9 Å². The van der Waals surface area contributed by atoms with E-state index in [0.717, 1.165) is 0 Å². The van der Waals surface area contributed by atoms with Gasteiger partial charge in [-0.05, 0) is 30.3 Å². The molecule has 0 radical (unpaired) electrons. The zero-order chi connectivity index (χ0) is 14.7. The van der Waals surface area contributed by atoms with E-state index in [1.54, 1.807) is 12.1 Å². The molecule has 0 fully saturated rings. The number of phenols is 2. The van der Waals surface area contributed by atoms with Gasteiger partial charge in [0.2, 0.25) is 0 Å². The summed E-state index contributed by atoms with van der Waals surface area (Å²) in [4.78, 5) is 11.9. The molecule has 0 aliphatic carbocycles. The molecule has 0 unspecified atom stereocenters. The van der Waals surface area contributed by atoms with Crippen LogP contribution in [0, 0.1) is 5.82 Å². The van der Waals surface area contributed by atoms with E-state index >= 15 is 0 Å². The second-order valence-corrected chi connectivity index (χ2v) is 5.01. The van der Waals surface area contributed by atoms with Gasteiger partial charge < -0.3 is 15.5 Å². The number of carbonyl (C=O) groups is 1. The number of rotatable bonds is 3. The number of nitrogens with one attached hydrogen (secondary N) is 1. The van der Waals surface area contributed by atoms with Crippen molar-refractivity contribution in [2.45, 2.75) is 6.54 Å². The van der Waals surface area contributed by atoms with E-state index in [4.69, 9.17) is 0 Å². The summed E-state index contributed by atoms with van der Waals surface area (Å²) in [5.41, 5.74) is 0.0607. The highest BCUT2D eigenvalue weighted by Gasteiger charge is 2.16. The molecule has 6 heteroatoms. The van der Waals surface area contributed by atoms with Crippen LogP contribution in [0.2, 0.25) is 0 Å². The van der Waals surface area contributed by atoms with Crippen molar-refractivity contribution in [3.8, 4) is 11.5 Å². The van der Waals surface area contributed by atoms with Gasteiger partial charge >= 0.3 is 0 Å². The van der Waals surface area contributed by atoms with Crippen molar-refractivity contribution < 1.29 is 19.4 Å². The highest BCUT2D eigenvalue weighted by Crippen LogP contribution is 2.26. The maximum absolute atomic E-state index is 13.5. The first kappa shape index (κ1) is 14.3. The topological polar surface area (TPSA) is 69.6 Å². The Bertz CT molecular complexity index is 641. The van der Waals surface area contributed by atoms with Gasteiger partial charge in [-0.1, -0.05) is 22.0 Å². The van der Waals surface area contributed by atoms with E-state index in [1.165, 1.54) is 24.3 Å². The first-order valence-corrected chi connectivity index (χ1v) is 6.51. The quantitative estimate of drug-likeness (QED) is 0.805. The fraction of sp³-hybridized carbons (Fsp3) is 0.0714. The molecule has 1 amide bonds. The number of halogens is 2. The fourth-order valence-corrected chi connectivity index (χ4v) is 2.11. The molecule has 4 nitrogen and oxygen atoms in total. The average molecular weight is 340 g/mol. The number of amides is 1. The Hall–Kier alpha value is -2.08. The summed E-state index contributed by atoms with van der Waals surface area (Å²) in [5.74, 6) is -1.80. The molecule has 0 aliphatic rings. The number of aromatic hydroxyl groups is 2. The minimum Gasteiger partial charge on any atom is -0.507 e. The molecule has 2 aromatic carbocycles. The highest BCUT2D eigenvalue weighted by molar-refractivity contribution is 9.10. The molecule has 104 valence electrons. The highest BCUT2D eigenvalue weighted by atomic mass is 79.9. The van der Waals surface area contributed by atoms with Gasteiger partial charge in [-0.3, -0.25) is 4.79 Å². The largest absolute Gasteiger partial charge is 0.507 e. The normalized spacial score (nSPS) is 10.3. The maximum atomic E-state index is 13.5. The van der Waals surface area contributed by atoms with Crippen LogP contribution in [0.25, 0.3) is 0 Å². The minimum atomic E-state index is -0.681. The van der Waals surface area contributed by atoms with E-state index in [-0.39, 0.29) is 23.6 Å². The van der Waals surface area contributed by atoms with Crippen LogP contribution in [0.15, 0.2) is 40.9 Å². The lowest BCUT2D eigenvalue weighted by atomic mass is 10.1. The van der Waals surface area contributed by atoms with Crippen molar-refractivity contribution in [3.63, 3.8) is 0 Å². The molecule has 0 spiro atoms. The van der Waals surface area contributed by atoms with Gasteiger partial charge in [-0.2, -0.15) is 0 Å². The molecule has 0 saturated carbocycles. The SMILES string of the molecule is O=C(NCc1cc(Br)ccc1F)c1c(O)cccc1O. The maximum Gasteiger partial charge on any atom is 0.259 e. The van der Waals surface area contributed by atoms with E-state index in [1.807, 2.05) is 0 Å². The summed E-state index contributed by atoms with van der Waals surface area (Å²) in [5, 5.41) is 21.6. The molecular weight excluding hydrogens is 329 g/mol. The third-order valence-electron chi connectivity index (χ3n) is 2.69. The number of hydrogen-bond donors (Lipinski definition) is 3. The van der Waals surface area contributed by atoms with Crippen LogP contribution >= 0.6 is 15.9 Å². The fourth-order valence-electron chi connectivity index (χ4n) is 1.70. The van der Waals surface area contributed by atoms with Crippen molar-refractivity contribution in [2.75, 3.05) is 0 Å². The standard InChI is InChI=1S/C14H11BrFNO3/c15-9-4-5-10(16)8(6-9)7-17-14(20)13-11(18)2-1-3-12(13)19/h1-6,18-19H,7H2,(H,17,20). The molecule has 0 bridgehead atoms. The molecule has 0 heterocycles. The lowest BCUT2D eigenvalue weighted by Gasteiger charge is -2.09. The van der Waals surface area contributed by atoms with Crippen LogP contribution < -0.4 is 5.32 Å². The second-order valence-electron chi connectivity index (χ2n) is 4.09. The van der Waals surface area contributed by atoms with Crippen LogP contribution in [-0.4, -0.2) is 16.1 Å². The van der Waals surface area contributed by atoms with Crippen molar-refractivity contribution in [2.24, 2.45) is 0 Å². The van der Waals surface area contributed by atoms with Gasteiger partial charge in [0.25, 0.3) is 5.91 Å². The van der Waals surface area contributed by atoms with E-state index in [2.05, 4.69) is 21.2 Å². The summed E-state index contributed by atoms with van der Waals surface area (Å²) in [6, 6.07) is 8.36. The van der Waals surface area contributed by atoms with Crippen molar-refractivity contribution in [1.82, 2.24) is 5.32 Å². The van der Waals surface area contributed by atoms with Gasteiger partial charge in [0.05, 0.1) is 0 Å². The second kappa shape index (κ2) is 5.92. The summed E-state index contributed by atoms with van der Waals surface area (Å²) in [6.45, 7) is -0.0577. The molecule has 0 aliphatic heterocycles. The average Bonchev–Trinajstić information content (AvgIpc) is 2.39. The Morgan fingerprint density at radius 1 is 1.20 bits per heavy atom. The Morgan fingerprint density at radius 2 is 1.85 bits per heavy atom. The number of carbonyl (C=O) groups excluding carboxylic acids is 1. The number of benzene rings is 2. The Balaban J connectivity index is 2.15. The van der Waals surface area contributed by atoms with Gasteiger partial charge in [0.15, 0.2) is 0 Å². The summed E-state index contributed by atoms with van der Waals surface area (Å²) >= 11 is 3.21. The van der Waals surface area contributed by atoms with Crippen molar-refractivity contribution >= 4 is 21.8 Å². The first-order valence-electron chi connectivity index (χ1n) is 5.72. The van der Waals surface area contributed by atoms with E-state index < -0.39 is 11.7 Å². The summed E-state index contributed by atoms with van der Waals surface area (Å²) in [7, 11) is 0.